The molecule has 0 bridgehead atoms. The molecule has 0 aliphatic carbocycles. The Morgan fingerprint density at radius 2 is 2.03 bits per heavy atom. The highest BCUT2D eigenvalue weighted by Crippen LogP contribution is 2.19. The minimum atomic E-state index is -0.492. The number of anilines is 1. The van der Waals surface area contributed by atoms with Crippen molar-refractivity contribution in [2.24, 2.45) is 0 Å². The Labute approximate surface area is 171 Å². The number of rotatable bonds is 8. The van der Waals surface area contributed by atoms with Crippen LogP contribution in [0.3, 0.4) is 0 Å². The Balaban J connectivity index is 1.57. The van der Waals surface area contributed by atoms with Gasteiger partial charge in [0.2, 0.25) is 5.89 Å². The highest BCUT2D eigenvalue weighted by atomic mass is 32.2. The second kappa shape index (κ2) is 9.65. The van der Waals surface area contributed by atoms with Gasteiger partial charge in [-0.3, -0.25) is 20.2 Å². The summed E-state index contributed by atoms with van der Waals surface area (Å²) in [6.45, 7) is 2.10. The molecular weight excluding hydrogens is 392 g/mol. The molecule has 1 heterocycles. The van der Waals surface area contributed by atoms with Crippen LogP contribution >= 0.6 is 11.8 Å². The standard InChI is InChI=1S/C20H18N4O4S/c1-2-29-17-9-6-15(7-10-17)13-19-22-23-20(28-19)21-18(25)11-8-14-4-3-5-16(12-14)24(26)27/h3-12H,2,13H2,1H3,(H,21,23,25). The van der Waals surface area contributed by atoms with E-state index in [2.05, 4.69) is 22.4 Å². The molecular formula is C20H18N4O4S. The van der Waals surface area contributed by atoms with Gasteiger partial charge in [-0.15, -0.1) is 16.9 Å². The minimum absolute atomic E-state index is 0.00755. The quantitative estimate of drug-likeness (QED) is 0.254. The summed E-state index contributed by atoms with van der Waals surface area (Å²) in [6, 6.07) is 14.0. The van der Waals surface area contributed by atoms with E-state index in [9.17, 15) is 14.9 Å². The van der Waals surface area contributed by atoms with Gasteiger partial charge in [0.1, 0.15) is 0 Å². The second-order valence-electron chi connectivity index (χ2n) is 5.93. The van der Waals surface area contributed by atoms with Gasteiger partial charge < -0.3 is 4.42 Å². The number of hydrogen-bond donors (Lipinski definition) is 1. The Kier molecular flexibility index (Phi) is 6.75. The largest absolute Gasteiger partial charge is 0.407 e. The first-order valence-electron chi connectivity index (χ1n) is 8.81. The van der Waals surface area contributed by atoms with Crippen LogP contribution in [0.15, 0.2) is 63.9 Å². The van der Waals surface area contributed by atoms with Gasteiger partial charge in [-0.25, -0.2) is 0 Å². The maximum atomic E-state index is 12.0. The van der Waals surface area contributed by atoms with Gasteiger partial charge >= 0.3 is 6.01 Å². The lowest BCUT2D eigenvalue weighted by atomic mass is 10.1. The maximum absolute atomic E-state index is 12.0. The van der Waals surface area contributed by atoms with E-state index < -0.39 is 10.8 Å². The SMILES string of the molecule is CCSc1ccc(Cc2nnc(NC(=O)C=Cc3cccc([N+](=O)[O-])c3)o2)cc1. The number of amides is 1. The molecule has 0 radical (unpaired) electrons. The van der Waals surface area contributed by atoms with Gasteiger partial charge in [-0.05, 0) is 35.1 Å². The zero-order valence-electron chi connectivity index (χ0n) is 15.6. The van der Waals surface area contributed by atoms with E-state index in [1.807, 2.05) is 24.3 Å². The van der Waals surface area contributed by atoms with Crippen LogP contribution in [-0.4, -0.2) is 26.8 Å². The van der Waals surface area contributed by atoms with Crippen molar-refractivity contribution in [3.05, 3.63) is 81.7 Å². The van der Waals surface area contributed by atoms with Crippen LogP contribution in [0.25, 0.3) is 6.08 Å². The zero-order valence-corrected chi connectivity index (χ0v) is 16.4. The molecule has 3 rings (SSSR count). The second-order valence-corrected chi connectivity index (χ2v) is 7.27. The van der Waals surface area contributed by atoms with Crippen molar-refractivity contribution in [1.29, 1.82) is 0 Å². The lowest BCUT2D eigenvalue weighted by molar-refractivity contribution is -0.384. The molecule has 0 spiro atoms. The number of hydrogen-bond acceptors (Lipinski definition) is 7. The van der Waals surface area contributed by atoms with Crippen molar-refractivity contribution in [1.82, 2.24) is 10.2 Å². The molecule has 0 unspecified atom stereocenters. The molecule has 0 fully saturated rings. The zero-order chi connectivity index (χ0) is 20.6. The first-order valence-corrected chi connectivity index (χ1v) is 9.79. The van der Waals surface area contributed by atoms with E-state index in [1.165, 1.54) is 29.2 Å². The van der Waals surface area contributed by atoms with Crippen molar-refractivity contribution in [3.8, 4) is 0 Å². The molecule has 8 nitrogen and oxygen atoms in total. The fourth-order valence-corrected chi connectivity index (χ4v) is 3.14. The van der Waals surface area contributed by atoms with Crippen LogP contribution in [0.2, 0.25) is 0 Å². The number of non-ortho nitro benzene ring substituents is 1. The van der Waals surface area contributed by atoms with Crippen LogP contribution in [0.1, 0.15) is 23.9 Å². The van der Waals surface area contributed by atoms with E-state index in [0.29, 0.717) is 17.9 Å². The molecule has 0 atom stereocenters. The topological polar surface area (TPSA) is 111 Å². The van der Waals surface area contributed by atoms with E-state index in [0.717, 1.165) is 11.3 Å². The number of nitro benzene ring substituents is 1. The predicted octanol–water partition coefficient (Wildman–Crippen LogP) is 4.33. The molecule has 0 aliphatic rings. The number of nitrogens with one attached hydrogen (secondary N) is 1. The van der Waals surface area contributed by atoms with Crippen LogP contribution in [-0.2, 0) is 11.2 Å². The molecule has 2 aromatic carbocycles. The van der Waals surface area contributed by atoms with Crippen molar-refractivity contribution in [3.63, 3.8) is 0 Å². The molecule has 3 aromatic rings. The molecule has 29 heavy (non-hydrogen) atoms. The lowest BCUT2D eigenvalue weighted by Crippen LogP contribution is -2.07. The fraction of sp³-hybridized carbons (Fsp3) is 0.150. The molecule has 9 heteroatoms. The third-order valence-electron chi connectivity index (χ3n) is 3.79. The number of nitro groups is 1. The van der Waals surface area contributed by atoms with E-state index >= 15 is 0 Å². The maximum Gasteiger partial charge on any atom is 0.322 e. The van der Waals surface area contributed by atoms with Gasteiger partial charge in [-0.2, -0.15) is 0 Å². The Morgan fingerprint density at radius 3 is 2.76 bits per heavy atom. The Hall–Kier alpha value is -3.46. The van der Waals surface area contributed by atoms with Crippen molar-refractivity contribution < 1.29 is 14.1 Å². The molecule has 0 saturated carbocycles. The summed E-state index contributed by atoms with van der Waals surface area (Å²) in [5.74, 6) is 0.924. The average molecular weight is 410 g/mol. The Bertz CT molecular complexity index is 1030. The van der Waals surface area contributed by atoms with Crippen LogP contribution in [0, 0.1) is 10.1 Å². The van der Waals surface area contributed by atoms with Crippen molar-refractivity contribution in [2.75, 3.05) is 11.1 Å². The average Bonchev–Trinajstić information content (AvgIpc) is 3.15. The van der Waals surface area contributed by atoms with Gasteiger partial charge in [-0.1, -0.05) is 36.3 Å². The van der Waals surface area contributed by atoms with E-state index in [4.69, 9.17) is 4.42 Å². The van der Waals surface area contributed by atoms with Crippen LogP contribution in [0.5, 0.6) is 0 Å². The summed E-state index contributed by atoms with van der Waals surface area (Å²) >= 11 is 1.77. The van der Waals surface area contributed by atoms with Crippen LogP contribution in [0.4, 0.5) is 11.7 Å². The highest BCUT2D eigenvalue weighted by molar-refractivity contribution is 7.99. The monoisotopic (exact) mass is 410 g/mol. The lowest BCUT2D eigenvalue weighted by Gasteiger charge is -2.00. The highest BCUT2D eigenvalue weighted by Gasteiger charge is 2.09. The van der Waals surface area contributed by atoms with Gasteiger partial charge in [0.25, 0.3) is 11.6 Å². The first kappa shape index (κ1) is 20.3. The number of aromatic nitrogens is 2. The van der Waals surface area contributed by atoms with Gasteiger partial charge in [0.05, 0.1) is 11.3 Å². The van der Waals surface area contributed by atoms with Gasteiger partial charge in [0, 0.05) is 23.1 Å². The van der Waals surface area contributed by atoms with Crippen molar-refractivity contribution in [2.45, 2.75) is 18.2 Å². The summed E-state index contributed by atoms with van der Waals surface area (Å²) in [5.41, 5.74) is 1.51. The molecule has 1 amide bonds. The van der Waals surface area contributed by atoms with E-state index in [1.54, 1.807) is 23.9 Å². The van der Waals surface area contributed by atoms with Crippen molar-refractivity contribution >= 4 is 35.4 Å². The fourth-order valence-electron chi connectivity index (χ4n) is 2.48. The summed E-state index contributed by atoms with van der Waals surface area (Å²) in [5, 5.41) is 21.0. The summed E-state index contributed by atoms with van der Waals surface area (Å²) in [6.07, 6.45) is 3.17. The molecule has 0 saturated heterocycles. The number of thioether (sulfide) groups is 1. The summed E-state index contributed by atoms with van der Waals surface area (Å²) in [7, 11) is 0. The molecule has 1 aromatic heterocycles. The molecule has 1 N–H and O–H groups in total. The van der Waals surface area contributed by atoms with E-state index in [-0.39, 0.29) is 11.7 Å². The number of carbonyl (C=O) groups excluding carboxylic acids is 1. The number of nitrogens with zero attached hydrogens (tertiary/aromatic N) is 3. The first-order chi connectivity index (χ1) is 14.0. The third-order valence-corrected chi connectivity index (χ3v) is 4.69. The molecule has 148 valence electrons. The summed E-state index contributed by atoms with van der Waals surface area (Å²) in [4.78, 5) is 23.5. The minimum Gasteiger partial charge on any atom is -0.407 e. The normalized spacial score (nSPS) is 10.9. The number of carbonyl (C=O) groups is 1. The third kappa shape index (κ3) is 6.01. The predicted molar refractivity (Wildman–Crippen MR) is 111 cm³/mol. The summed E-state index contributed by atoms with van der Waals surface area (Å²) < 4.78 is 5.46. The van der Waals surface area contributed by atoms with Gasteiger partial charge in [0.15, 0.2) is 0 Å². The smallest absolute Gasteiger partial charge is 0.322 e. The molecule has 0 aliphatic heterocycles. The Morgan fingerprint density at radius 1 is 1.24 bits per heavy atom. The number of benzene rings is 2. The van der Waals surface area contributed by atoms with Crippen LogP contribution < -0.4 is 5.32 Å².